The Balaban J connectivity index is 2.27. The minimum absolute atomic E-state index is 0.0966. The van der Waals surface area contributed by atoms with Gasteiger partial charge in [-0.2, -0.15) is 12.7 Å². The first-order valence-corrected chi connectivity index (χ1v) is 9.01. The first-order chi connectivity index (χ1) is 12.6. The van der Waals surface area contributed by atoms with E-state index in [0.717, 1.165) is 26.8 Å². The molecule has 2 aromatic carbocycles. The molecule has 1 amide bonds. The molecule has 1 N–H and O–H groups in total. The van der Waals surface area contributed by atoms with Crippen LogP contribution in [0.5, 0.6) is 0 Å². The molecule has 2 rings (SSSR count). The predicted molar refractivity (Wildman–Crippen MR) is 98.1 cm³/mol. The standard InChI is InChI=1S/C16H17FN4O5S/c1-19(2)27(25,26)20(14-8-6-12(17)7-9-14)11-16(22)18-13-4-3-5-15(10-13)21(23)24/h3-10H,11H2,1-2H3,(H,18,22). The molecule has 0 aliphatic heterocycles. The van der Waals surface area contributed by atoms with Crippen molar-refractivity contribution < 1.29 is 22.5 Å². The number of halogens is 1. The van der Waals surface area contributed by atoms with Crippen LogP contribution in [0.4, 0.5) is 21.5 Å². The van der Waals surface area contributed by atoms with Gasteiger partial charge in [0.25, 0.3) is 5.69 Å². The normalized spacial score (nSPS) is 11.3. The van der Waals surface area contributed by atoms with Gasteiger partial charge in [0.2, 0.25) is 5.91 Å². The van der Waals surface area contributed by atoms with Gasteiger partial charge >= 0.3 is 10.2 Å². The minimum atomic E-state index is -4.04. The molecular weight excluding hydrogens is 379 g/mol. The maximum atomic E-state index is 13.1. The van der Waals surface area contributed by atoms with E-state index in [2.05, 4.69) is 5.32 Å². The second kappa shape index (κ2) is 8.10. The zero-order valence-corrected chi connectivity index (χ0v) is 15.3. The first-order valence-electron chi connectivity index (χ1n) is 7.61. The van der Waals surface area contributed by atoms with Crippen molar-refractivity contribution in [2.24, 2.45) is 0 Å². The van der Waals surface area contributed by atoms with E-state index < -0.39 is 33.4 Å². The molecule has 0 spiro atoms. The summed E-state index contributed by atoms with van der Waals surface area (Å²) < 4.78 is 39.9. The van der Waals surface area contributed by atoms with Crippen molar-refractivity contribution in [2.45, 2.75) is 0 Å². The van der Waals surface area contributed by atoms with E-state index in [1.54, 1.807) is 0 Å². The number of nitrogens with one attached hydrogen (secondary N) is 1. The van der Waals surface area contributed by atoms with E-state index in [0.29, 0.717) is 0 Å². The van der Waals surface area contributed by atoms with Gasteiger partial charge < -0.3 is 5.32 Å². The number of hydrogen-bond acceptors (Lipinski definition) is 5. The number of benzene rings is 2. The fraction of sp³-hybridized carbons (Fsp3) is 0.188. The molecule has 2 aromatic rings. The Bertz CT molecular complexity index is 948. The van der Waals surface area contributed by atoms with Crippen molar-refractivity contribution in [2.75, 3.05) is 30.3 Å². The number of anilines is 2. The van der Waals surface area contributed by atoms with Crippen LogP contribution in [0, 0.1) is 15.9 Å². The Kier molecular flexibility index (Phi) is 6.08. The number of hydrogen-bond donors (Lipinski definition) is 1. The van der Waals surface area contributed by atoms with Crippen LogP contribution in [-0.2, 0) is 15.0 Å². The van der Waals surface area contributed by atoms with E-state index in [4.69, 9.17) is 0 Å². The molecule has 0 aliphatic carbocycles. The third kappa shape index (κ3) is 4.99. The molecule has 0 bridgehead atoms. The average molecular weight is 396 g/mol. The number of nitro groups is 1. The van der Waals surface area contributed by atoms with Crippen molar-refractivity contribution >= 4 is 33.2 Å². The van der Waals surface area contributed by atoms with Crippen LogP contribution >= 0.6 is 0 Å². The summed E-state index contributed by atoms with van der Waals surface area (Å²) in [6.45, 7) is -0.602. The van der Waals surface area contributed by atoms with Crippen LogP contribution < -0.4 is 9.62 Å². The molecule has 144 valence electrons. The SMILES string of the molecule is CN(C)S(=O)(=O)N(CC(=O)Nc1cccc([N+](=O)[O-])c1)c1ccc(F)cc1. The lowest BCUT2D eigenvalue weighted by Crippen LogP contribution is -2.44. The Labute approximate surface area is 155 Å². The fourth-order valence-electron chi connectivity index (χ4n) is 2.14. The summed E-state index contributed by atoms with van der Waals surface area (Å²) in [5.41, 5.74) is 0.0268. The van der Waals surface area contributed by atoms with Crippen LogP contribution in [0.3, 0.4) is 0 Å². The molecular formula is C16H17FN4O5S. The monoisotopic (exact) mass is 396 g/mol. The molecule has 0 aliphatic rings. The molecule has 0 saturated carbocycles. The number of carbonyl (C=O) groups excluding carboxylic acids is 1. The number of nitrogens with zero attached hydrogens (tertiary/aromatic N) is 3. The van der Waals surface area contributed by atoms with Gasteiger partial charge in [0.15, 0.2) is 0 Å². The molecule has 0 atom stereocenters. The molecule has 27 heavy (non-hydrogen) atoms. The van der Waals surface area contributed by atoms with E-state index in [9.17, 15) is 27.7 Å². The van der Waals surface area contributed by atoms with Gasteiger partial charge in [0.05, 0.1) is 10.6 Å². The highest BCUT2D eigenvalue weighted by atomic mass is 32.2. The molecule has 0 unspecified atom stereocenters. The van der Waals surface area contributed by atoms with Gasteiger partial charge in [-0.3, -0.25) is 14.9 Å². The topological polar surface area (TPSA) is 113 Å². The zero-order valence-electron chi connectivity index (χ0n) is 14.5. The van der Waals surface area contributed by atoms with Gasteiger partial charge in [0.1, 0.15) is 12.4 Å². The average Bonchev–Trinajstić information content (AvgIpc) is 2.60. The molecule has 0 saturated heterocycles. The molecule has 11 heteroatoms. The Hall–Kier alpha value is -3.05. The summed E-state index contributed by atoms with van der Waals surface area (Å²) in [6.07, 6.45) is 0. The highest BCUT2D eigenvalue weighted by Crippen LogP contribution is 2.21. The summed E-state index contributed by atoms with van der Waals surface area (Å²) in [4.78, 5) is 22.5. The summed E-state index contributed by atoms with van der Waals surface area (Å²) in [7, 11) is -1.45. The molecule has 0 aromatic heterocycles. The third-order valence-corrected chi connectivity index (χ3v) is 5.30. The van der Waals surface area contributed by atoms with Crippen LogP contribution in [0.15, 0.2) is 48.5 Å². The maximum Gasteiger partial charge on any atom is 0.304 e. The highest BCUT2D eigenvalue weighted by molar-refractivity contribution is 7.90. The lowest BCUT2D eigenvalue weighted by atomic mass is 10.3. The van der Waals surface area contributed by atoms with Gasteiger partial charge in [-0.15, -0.1) is 0 Å². The maximum absolute atomic E-state index is 13.1. The Morgan fingerprint density at radius 1 is 1.19 bits per heavy atom. The van der Waals surface area contributed by atoms with Crippen LogP contribution in [0.25, 0.3) is 0 Å². The number of rotatable bonds is 7. The van der Waals surface area contributed by atoms with Gasteiger partial charge in [-0.25, -0.2) is 8.70 Å². The molecule has 0 radical (unpaired) electrons. The molecule has 9 nitrogen and oxygen atoms in total. The summed E-state index contributed by atoms with van der Waals surface area (Å²) in [6, 6.07) is 9.86. The molecule has 0 heterocycles. The second-order valence-corrected chi connectivity index (χ2v) is 7.70. The van der Waals surface area contributed by atoms with E-state index in [1.807, 2.05) is 0 Å². The fourth-order valence-corrected chi connectivity index (χ4v) is 3.20. The lowest BCUT2D eigenvalue weighted by molar-refractivity contribution is -0.384. The highest BCUT2D eigenvalue weighted by Gasteiger charge is 2.27. The molecule has 0 fully saturated rings. The summed E-state index contributed by atoms with van der Waals surface area (Å²) in [5.74, 6) is -1.27. The van der Waals surface area contributed by atoms with Gasteiger partial charge in [-0.05, 0) is 30.3 Å². The summed E-state index contributed by atoms with van der Waals surface area (Å²) >= 11 is 0. The van der Waals surface area contributed by atoms with Crippen molar-refractivity contribution in [3.8, 4) is 0 Å². The van der Waals surface area contributed by atoms with Crippen molar-refractivity contribution in [1.29, 1.82) is 0 Å². The number of carbonyl (C=O) groups is 1. The number of non-ortho nitro benzene ring substituents is 1. The van der Waals surface area contributed by atoms with Crippen molar-refractivity contribution in [3.63, 3.8) is 0 Å². The number of amides is 1. The minimum Gasteiger partial charge on any atom is -0.324 e. The van der Waals surface area contributed by atoms with Crippen molar-refractivity contribution in [1.82, 2.24) is 4.31 Å². The van der Waals surface area contributed by atoms with E-state index in [1.165, 1.54) is 44.4 Å². The number of nitro benzene ring substituents is 1. The summed E-state index contributed by atoms with van der Waals surface area (Å²) in [5, 5.41) is 13.2. The second-order valence-electron chi connectivity index (χ2n) is 5.63. The smallest absolute Gasteiger partial charge is 0.304 e. The Morgan fingerprint density at radius 2 is 1.81 bits per heavy atom. The van der Waals surface area contributed by atoms with Crippen LogP contribution in [-0.4, -0.2) is 44.2 Å². The van der Waals surface area contributed by atoms with E-state index >= 15 is 0 Å². The Morgan fingerprint density at radius 3 is 2.37 bits per heavy atom. The van der Waals surface area contributed by atoms with Crippen molar-refractivity contribution in [3.05, 3.63) is 64.5 Å². The lowest BCUT2D eigenvalue weighted by Gasteiger charge is -2.26. The van der Waals surface area contributed by atoms with Crippen LogP contribution in [0.2, 0.25) is 0 Å². The first kappa shape index (κ1) is 20.3. The predicted octanol–water partition coefficient (Wildman–Crippen LogP) is 1.99. The van der Waals surface area contributed by atoms with Gasteiger partial charge in [0, 0.05) is 31.9 Å². The largest absolute Gasteiger partial charge is 0.324 e. The zero-order chi connectivity index (χ0) is 20.2. The van der Waals surface area contributed by atoms with Gasteiger partial charge in [-0.1, -0.05) is 6.07 Å². The van der Waals surface area contributed by atoms with E-state index in [-0.39, 0.29) is 17.1 Å². The van der Waals surface area contributed by atoms with Crippen LogP contribution in [0.1, 0.15) is 0 Å². The quantitative estimate of drug-likeness (QED) is 0.568. The third-order valence-electron chi connectivity index (χ3n) is 3.48.